The Labute approximate surface area is 109 Å². The zero-order valence-electron chi connectivity index (χ0n) is 9.48. The van der Waals surface area contributed by atoms with Crippen LogP contribution in [-0.2, 0) is 0 Å². The van der Waals surface area contributed by atoms with Crippen molar-refractivity contribution < 1.29 is 4.42 Å². The summed E-state index contributed by atoms with van der Waals surface area (Å²) in [6, 6.07) is 18.2. The normalized spacial score (nSPS) is 11.6. The van der Waals surface area contributed by atoms with Crippen molar-refractivity contribution in [3.8, 4) is 0 Å². The van der Waals surface area contributed by atoms with E-state index in [0.29, 0.717) is 0 Å². The zero-order valence-corrected chi connectivity index (χ0v) is 10.2. The van der Waals surface area contributed by atoms with Gasteiger partial charge in [0.25, 0.3) is 0 Å². The molecule has 0 amide bonds. The molecule has 4 aromatic rings. The SMILES string of the molecule is Clc1cccc2oc3cc4ccccc4cc3c12. The molecular formula is C16H9ClO. The van der Waals surface area contributed by atoms with Crippen LogP contribution in [0.4, 0.5) is 0 Å². The van der Waals surface area contributed by atoms with Crippen LogP contribution in [0.1, 0.15) is 0 Å². The van der Waals surface area contributed by atoms with Gasteiger partial charge in [-0.05, 0) is 35.0 Å². The molecule has 0 radical (unpaired) electrons. The van der Waals surface area contributed by atoms with Gasteiger partial charge in [-0.15, -0.1) is 0 Å². The number of halogens is 1. The number of furan rings is 1. The van der Waals surface area contributed by atoms with E-state index in [2.05, 4.69) is 24.3 Å². The molecule has 0 unspecified atom stereocenters. The summed E-state index contributed by atoms with van der Waals surface area (Å²) in [6.45, 7) is 0. The molecule has 0 atom stereocenters. The molecule has 1 nitrogen and oxygen atoms in total. The highest BCUT2D eigenvalue weighted by molar-refractivity contribution is 6.37. The summed E-state index contributed by atoms with van der Waals surface area (Å²) < 4.78 is 5.86. The summed E-state index contributed by atoms with van der Waals surface area (Å²) in [5.74, 6) is 0. The monoisotopic (exact) mass is 252 g/mol. The topological polar surface area (TPSA) is 13.1 Å². The molecule has 1 aromatic heterocycles. The lowest BCUT2D eigenvalue weighted by atomic mass is 10.1. The molecule has 3 aromatic carbocycles. The second kappa shape index (κ2) is 3.50. The lowest BCUT2D eigenvalue weighted by Crippen LogP contribution is -1.72. The fourth-order valence-corrected chi connectivity index (χ4v) is 2.74. The van der Waals surface area contributed by atoms with Crippen LogP contribution in [-0.4, -0.2) is 0 Å². The summed E-state index contributed by atoms with van der Waals surface area (Å²) >= 11 is 6.27. The Bertz CT molecular complexity index is 889. The van der Waals surface area contributed by atoms with Crippen LogP contribution in [0.3, 0.4) is 0 Å². The summed E-state index contributed by atoms with van der Waals surface area (Å²) in [5.41, 5.74) is 1.73. The minimum absolute atomic E-state index is 0.738. The first-order valence-electron chi connectivity index (χ1n) is 5.82. The highest BCUT2D eigenvalue weighted by Gasteiger charge is 2.10. The third-order valence-electron chi connectivity index (χ3n) is 3.31. The molecule has 0 N–H and O–H groups in total. The van der Waals surface area contributed by atoms with Crippen molar-refractivity contribution in [2.75, 3.05) is 0 Å². The van der Waals surface area contributed by atoms with Gasteiger partial charge in [0.1, 0.15) is 11.2 Å². The van der Waals surface area contributed by atoms with Crippen LogP contribution in [0, 0.1) is 0 Å². The summed E-state index contributed by atoms with van der Waals surface area (Å²) in [4.78, 5) is 0. The Morgan fingerprint density at radius 3 is 2.39 bits per heavy atom. The molecule has 2 heteroatoms. The molecule has 0 aliphatic rings. The maximum atomic E-state index is 6.27. The van der Waals surface area contributed by atoms with Gasteiger partial charge in [-0.3, -0.25) is 0 Å². The minimum Gasteiger partial charge on any atom is -0.456 e. The second-order valence-corrected chi connectivity index (χ2v) is 4.82. The average molecular weight is 253 g/mol. The largest absolute Gasteiger partial charge is 0.456 e. The van der Waals surface area contributed by atoms with E-state index in [-0.39, 0.29) is 0 Å². The lowest BCUT2D eigenvalue weighted by molar-refractivity contribution is 0.669. The Morgan fingerprint density at radius 1 is 0.778 bits per heavy atom. The smallest absolute Gasteiger partial charge is 0.136 e. The van der Waals surface area contributed by atoms with Crippen LogP contribution in [0.25, 0.3) is 32.7 Å². The fraction of sp³-hybridized carbons (Fsp3) is 0. The van der Waals surface area contributed by atoms with Gasteiger partial charge >= 0.3 is 0 Å². The van der Waals surface area contributed by atoms with Crippen LogP contribution < -0.4 is 0 Å². The maximum Gasteiger partial charge on any atom is 0.136 e. The summed E-state index contributed by atoms with van der Waals surface area (Å²) in [5, 5.41) is 5.20. The third-order valence-corrected chi connectivity index (χ3v) is 3.63. The number of hydrogen-bond donors (Lipinski definition) is 0. The third kappa shape index (κ3) is 1.28. The standard InChI is InChI=1S/C16H9ClO/c17-13-6-3-7-14-16(13)12-8-10-4-1-2-5-11(10)9-15(12)18-14/h1-9H. The van der Waals surface area contributed by atoms with Gasteiger partial charge < -0.3 is 4.42 Å². The number of hydrogen-bond acceptors (Lipinski definition) is 1. The van der Waals surface area contributed by atoms with Gasteiger partial charge in [0, 0.05) is 10.8 Å². The molecule has 18 heavy (non-hydrogen) atoms. The Kier molecular flexibility index (Phi) is 1.94. The van der Waals surface area contributed by atoms with Crippen molar-refractivity contribution in [3.05, 3.63) is 59.6 Å². The molecule has 0 aliphatic heterocycles. The molecule has 0 bridgehead atoms. The number of fused-ring (bicyclic) bond motifs is 4. The van der Waals surface area contributed by atoms with Crippen molar-refractivity contribution in [1.82, 2.24) is 0 Å². The van der Waals surface area contributed by atoms with Gasteiger partial charge in [-0.2, -0.15) is 0 Å². The van der Waals surface area contributed by atoms with E-state index < -0.39 is 0 Å². The predicted molar refractivity (Wildman–Crippen MR) is 76.2 cm³/mol. The first-order valence-corrected chi connectivity index (χ1v) is 6.20. The van der Waals surface area contributed by atoms with Crippen LogP contribution in [0.2, 0.25) is 5.02 Å². The molecule has 1 heterocycles. The van der Waals surface area contributed by atoms with E-state index in [1.54, 1.807) is 0 Å². The highest BCUT2D eigenvalue weighted by Crippen LogP contribution is 2.35. The van der Waals surface area contributed by atoms with Crippen molar-refractivity contribution in [3.63, 3.8) is 0 Å². The first-order chi connectivity index (χ1) is 8.83. The molecule has 0 fully saturated rings. The van der Waals surface area contributed by atoms with E-state index in [0.717, 1.165) is 27.0 Å². The van der Waals surface area contributed by atoms with Gasteiger partial charge in [0.15, 0.2) is 0 Å². The summed E-state index contributed by atoms with van der Waals surface area (Å²) in [7, 11) is 0. The van der Waals surface area contributed by atoms with Crippen molar-refractivity contribution in [2.24, 2.45) is 0 Å². The fourth-order valence-electron chi connectivity index (χ4n) is 2.47. The molecule has 0 saturated heterocycles. The highest BCUT2D eigenvalue weighted by atomic mass is 35.5. The second-order valence-electron chi connectivity index (χ2n) is 4.41. The van der Waals surface area contributed by atoms with E-state index in [1.165, 1.54) is 10.8 Å². The van der Waals surface area contributed by atoms with Gasteiger partial charge in [-0.1, -0.05) is 41.9 Å². The molecule has 0 aliphatic carbocycles. The summed E-state index contributed by atoms with van der Waals surface area (Å²) in [6.07, 6.45) is 0. The molecule has 0 saturated carbocycles. The quantitative estimate of drug-likeness (QED) is 0.409. The van der Waals surface area contributed by atoms with Gasteiger partial charge in [0.2, 0.25) is 0 Å². The van der Waals surface area contributed by atoms with Crippen LogP contribution >= 0.6 is 11.6 Å². The minimum atomic E-state index is 0.738. The van der Waals surface area contributed by atoms with E-state index in [4.69, 9.17) is 16.0 Å². The zero-order chi connectivity index (χ0) is 12.1. The molecular weight excluding hydrogens is 244 g/mol. The van der Waals surface area contributed by atoms with Crippen molar-refractivity contribution >= 4 is 44.3 Å². The van der Waals surface area contributed by atoms with Crippen LogP contribution in [0.5, 0.6) is 0 Å². The Morgan fingerprint density at radius 2 is 1.56 bits per heavy atom. The van der Waals surface area contributed by atoms with Crippen molar-refractivity contribution in [1.29, 1.82) is 0 Å². The molecule has 0 spiro atoms. The van der Waals surface area contributed by atoms with Gasteiger partial charge in [-0.25, -0.2) is 0 Å². The molecule has 86 valence electrons. The first kappa shape index (κ1) is 9.98. The van der Waals surface area contributed by atoms with Gasteiger partial charge in [0.05, 0.1) is 5.02 Å². The number of rotatable bonds is 0. The van der Waals surface area contributed by atoms with Crippen molar-refractivity contribution in [2.45, 2.75) is 0 Å². The Hall–Kier alpha value is -1.99. The maximum absolute atomic E-state index is 6.27. The lowest BCUT2D eigenvalue weighted by Gasteiger charge is -1.97. The van der Waals surface area contributed by atoms with E-state index >= 15 is 0 Å². The number of benzene rings is 3. The van der Waals surface area contributed by atoms with Crippen LogP contribution in [0.15, 0.2) is 59.0 Å². The predicted octanol–water partition coefficient (Wildman–Crippen LogP) is 5.39. The Balaban J connectivity index is 2.29. The molecule has 4 rings (SSSR count). The van der Waals surface area contributed by atoms with E-state index in [9.17, 15) is 0 Å². The van der Waals surface area contributed by atoms with E-state index in [1.807, 2.05) is 30.3 Å². The average Bonchev–Trinajstić information content (AvgIpc) is 2.74.